The first kappa shape index (κ1) is 16.8. The Morgan fingerprint density at radius 2 is 2.04 bits per heavy atom. The Balaban J connectivity index is 1.32. The van der Waals surface area contributed by atoms with Crippen molar-refractivity contribution in [2.24, 2.45) is 0 Å². The zero-order chi connectivity index (χ0) is 16.8. The lowest BCUT2D eigenvalue weighted by atomic mass is 10.1. The van der Waals surface area contributed by atoms with Gasteiger partial charge in [0, 0.05) is 13.2 Å². The highest BCUT2D eigenvalue weighted by molar-refractivity contribution is 5.80. The van der Waals surface area contributed by atoms with Crippen LogP contribution in [-0.4, -0.2) is 44.3 Å². The maximum atomic E-state index is 11.7. The fourth-order valence-electron chi connectivity index (χ4n) is 3.05. The maximum Gasteiger partial charge on any atom is 0.344 e. The third-order valence-corrected chi connectivity index (χ3v) is 4.34. The summed E-state index contributed by atoms with van der Waals surface area (Å²) in [5, 5.41) is 2.70. The molecule has 1 aromatic rings. The summed E-state index contributed by atoms with van der Waals surface area (Å²) in [6.45, 7) is 0.717. The van der Waals surface area contributed by atoms with Crippen molar-refractivity contribution < 1.29 is 23.8 Å². The van der Waals surface area contributed by atoms with E-state index >= 15 is 0 Å². The molecule has 1 N–H and O–H groups in total. The number of esters is 1. The summed E-state index contributed by atoms with van der Waals surface area (Å²) in [6, 6.07) is 5.89. The smallest absolute Gasteiger partial charge is 0.344 e. The molecule has 0 radical (unpaired) electrons. The molecule has 24 heavy (non-hydrogen) atoms. The molecule has 0 spiro atoms. The Morgan fingerprint density at radius 1 is 1.17 bits per heavy atom. The molecule has 3 rings (SSSR count). The predicted octanol–water partition coefficient (Wildman–Crippen LogP) is 1.39. The summed E-state index contributed by atoms with van der Waals surface area (Å²) in [5.41, 5.74) is 2.64. The molecular weight excluding hydrogens is 310 g/mol. The van der Waals surface area contributed by atoms with Crippen LogP contribution in [0, 0.1) is 0 Å². The highest BCUT2D eigenvalue weighted by Crippen LogP contribution is 2.25. The number of fused-ring (bicyclic) bond motifs is 1. The first-order valence-electron chi connectivity index (χ1n) is 8.49. The predicted molar refractivity (Wildman–Crippen MR) is 86.9 cm³/mol. The van der Waals surface area contributed by atoms with Gasteiger partial charge in [-0.05, 0) is 55.4 Å². The molecule has 1 fully saturated rings. The van der Waals surface area contributed by atoms with Crippen molar-refractivity contribution in [2.75, 3.05) is 26.4 Å². The molecule has 1 aliphatic carbocycles. The van der Waals surface area contributed by atoms with Gasteiger partial charge in [-0.15, -0.1) is 0 Å². The number of amides is 1. The summed E-state index contributed by atoms with van der Waals surface area (Å²) in [7, 11) is 0. The van der Waals surface area contributed by atoms with Crippen LogP contribution in [0.4, 0.5) is 0 Å². The number of carbonyl (C=O) groups excluding carboxylic acids is 2. The van der Waals surface area contributed by atoms with E-state index in [0.717, 1.165) is 32.3 Å². The molecular formula is C18H23NO5. The Morgan fingerprint density at radius 3 is 2.88 bits per heavy atom. The van der Waals surface area contributed by atoms with Crippen LogP contribution in [0.2, 0.25) is 0 Å². The first-order chi connectivity index (χ1) is 11.7. The SMILES string of the molecule is O=C(COC(=O)COc1ccc2c(c1)CCC2)NC[C@@H]1CCCO1. The van der Waals surface area contributed by atoms with Crippen LogP contribution in [0.5, 0.6) is 5.75 Å². The van der Waals surface area contributed by atoms with Crippen LogP contribution in [-0.2, 0) is 31.9 Å². The summed E-state index contributed by atoms with van der Waals surface area (Å²) in [4.78, 5) is 23.3. The highest BCUT2D eigenvalue weighted by Gasteiger charge is 2.17. The fourth-order valence-corrected chi connectivity index (χ4v) is 3.05. The van der Waals surface area contributed by atoms with E-state index in [1.54, 1.807) is 0 Å². The number of aryl methyl sites for hydroxylation is 2. The van der Waals surface area contributed by atoms with Crippen LogP contribution >= 0.6 is 0 Å². The average Bonchev–Trinajstić information content (AvgIpc) is 3.26. The lowest BCUT2D eigenvalue weighted by Gasteiger charge is -2.11. The molecule has 1 heterocycles. The molecule has 6 nitrogen and oxygen atoms in total. The molecule has 1 aromatic carbocycles. The normalized spacial score (nSPS) is 18.9. The fraction of sp³-hybridized carbons (Fsp3) is 0.556. The van der Waals surface area contributed by atoms with E-state index in [4.69, 9.17) is 14.2 Å². The number of rotatable bonds is 7. The topological polar surface area (TPSA) is 73.9 Å². The summed E-state index contributed by atoms with van der Waals surface area (Å²) < 4.78 is 15.8. The minimum atomic E-state index is -0.553. The van der Waals surface area contributed by atoms with Gasteiger partial charge >= 0.3 is 5.97 Å². The molecule has 130 valence electrons. The van der Waals surface area contributed by atoms with Gasteiger partial charge in [0.25, 0.3) is 5.91 Å². The third-order valence-electron chi connectivity index (χ3n) is 4.34. The van der Waals surface area contributed by atoms with E-state index in [1.807, 2.05) is 18.2 Å². The largest absolute Gasteiger partial charge is 0.482 e. The van der Waals surface area contributed by atoms with Gasteiger partial charge in [-0.25, -0.2) is 4.79 Å². The van der Waals surface area contributed by atoms with Crippen molar-refractivity contribution in [3.63, 3.8) is 0 Å². The lowest BCUT2D eigenvalue weighted by Crippen LogP contribution is -2.35. The van der Waals surface area contributed by atoms with Gasteiger partial charge in [0.15, 0.2) is 13.2 Å². The molecule has 0 saturated carbocycles. The van der Waals surface area contributed by atoms with Crippen LogP contribution < -0.4 is 10.1 Å². The maximum absolute atomic E-state index is 11.7. The Labute approximate surface area is 141 Å². The summed E-state index contributed by atoms with van der Waals surface area (Å²) >= 11 is 0. The van der Waals surface area contributed by atoms with Crippen LogP contribution in [0.1, 0.15) is 30.4 Å². The second kappa shape index (κ2) is 8.15. The van der Waals surface area contributed by atoms with Crippen molar-refractivity contribution in [2.45, 2.75) is 38.2 Å². The van der Waals surface area contributed by atoms with Crippen molar-refractivity contribution in [3.8, 4) is 5.75 Å². The van der Waals surface area contributed by atoms with Crippen LogP contribution in [0.15, 0.2) is 18.2 Å². The van der Waals surface area contributed by atoms with Crippen LogP contribution in [0.25, 0.3) is 0 Å². The van der Waals surface area contributed by atoms with E-state index in [2.05, 4.69) is 5.32 Å². The molecule has 0 bridgehead atoms. The van der Waals surface area contributed by atoms with Crippen LogP contribution in [0.3, 0.4) is 0 Å². The minimum Gasteiger partial charge on any atom is -0.482 e. The quantitative estimate of drug-likeness (QED) is 0.764. The number of hydrogen-bond donors (Lipinski definition) is 1. The molecule has 0 unspecified atom stereocenters. The standard InChI is InChI=1S/C18H23NO5/c20-17(19-10-16-5-2-8-22-16)11-24-18(21)12-23-15-7-6-13-3-1-4-14(13)9-15/h6-7,9,16H,1-5,8,10-12H2,(H,19,20)/t16-/m0/s1. The van der Waals surface area contributed by atoms with Gasteiger partial charge in [0.05, 0.1) is 6.10 Å². The van der Waals surface area contributed by atoms with Crippen molar-refractivity contribution >= 4 is 11.9 Å². The zero-order valence-corrected chi connectivity index (χ0v) is 13.7. The molecule has 1 amide bonds. The summed E-state index contributed by atoms with van der Waals surface area (Å²) in [5.74, 6) is -0.213. The zero-order valence-electron chi connectivity index (χ0n) is 13.7. The molecule has 1 aliphatic heterocycles. The van der Waals surface area contributed by atoms with E-state index < -0.39 is 5.97 Å². The molecule has 1 atom stereocenters. The van der Waals surface area contributed by atoms with Gasteiger partial charge < -0.3 is 19.5 Å². The van der Waals surface area contributed by atoms with Crippen molar-refractivity contribution in [1.29, 1.82) is 0 Å². The number of nitrogens with one attached hydrogen (secondary N) is 1. The average molecular weight is 333 g/mol. The molecule has 2 aliphatic rings. The molecule has 0 aromatic heterocycles. The van der Waals surface area contributed by atoms with Crippen molar-refractivity contribution in [1.82, 2.24) is 5.32 Å². The van der Waals surface area contributed by atoms with Gasteiger partial charge in [-0.1, -0.05) is 6.07 Å². The Hall–Kier alpha value is -2.08. The monoisotopic (exact) mass is 333 g/mol. The number of benzene rings is 1. The Bertz CT molecular complexity index is 595. The minimum absolute atomic E-state index is 0.0767. The van der Waals surface area contributed by atoms with Crippen molar-refractivity contribution in [3.05, 3.63) is 29.3 Å². The second-order valence-electron chi connectivity index (χ2n) is 6.17. The number of hydrogen-bond acceptors (Lipinski definition) is 5. The van der Waals surface area contributed by atoms with Gasteiger partial charge in [-0.2, -0.15) is 0 Å². The summed E-state index contributed by atoms with van der Waals surface area (Å²) in [6.07, 6.45) is 5.39. The van der Waals surface area contributed by atoms with E-state index in [9.17, 15) is 9.59 Å². The Kier molecular flexibility index (Phi) is 5.69. The van der Waals surface area contributed by atoms with E-state index in [1.165, 1.54) is 17.5 Å². The lowest BCUT2D eigenvalue weighted by molar-refractivity contribution is -0.150. The molecule has 1 saturated heterocycles. The number of ether oxygens (including phenoxy) is 3. The molecule has 6 heteroatoms. The second-order valence-corrected chi connectivity index (χ2v) is 6.17. The third kappa shape index (κ3) is 4.71. The van der Waals surface area contributed by atoms with Gasteiger partial charge in [0.1, 0.15) is 5.75 Å². The first-order valence-corrected chi connectivity index (χ1v) is 8.49. The van der Waals surface area contributed by atoms with Gasteiger partial charge in [-0.3, -0.25) is 4.79 Å². The van der Waals surface area contributed by atoms with Gasteiger partial charge in [0.2, 0.25) is 0 Å². The highest BCUT2D eigenvalue weighted by atomic mass is 16.6. The van der Waals surface area contributed by atoms with E-state index in [-0.39, 0.29) is 25.2 Å². The number of carbonyl (C=O) groups is 2. The van der Waals surface area contributed by atoms with E-state index in [0.29, 0.717) is 12.3 Å².